The predicted octanol–water partition coefficient (Wildman–Crippen LogP) is 1.72. The van der Waals surface area contributed by atoms with Crippen LogP contribution in [0.2, 0.25) is 0 Å². The number of rotatable bonds is 4. The average Bonchev–Trinajstić information content (AvgIpc) is 2.21. The molecular weight excluding hydrogens is 196 g/mol. The molecule has 0 aliphatic carbocycles. The van der Waals surface area contributed by atoms with Gasteiger partial charge in [-0.25, -0.2) is 4.79 Å². The highest BCUT2D eigenvalue weighted by atomic mass is 16.6. The van der Waals surface area contributed by atoms with Gasteiger partial charge in [0.2, 0.25) is 0 Å². The van der Waals surface area contributed by atoms with Crippen LogP contribution in [-0.4, -0.2) is 23.8 Å². The molecule has 1 unspecified atom stereocenters. The zero-order chi connectivity index (χ0) is 11.3. The lowest BCUT2D eigenvalue weighted by Crippen LogP contribution is -2.25. The molecule has 82 valence electrons. The summed E-state index contributed by atoms with van der Waals surface area (Å²) in [5, 5.41) is 9.35. The second-order valence-electron chi connectivity index (χ2n) is 2.99. The minimum atomic E-state index is -0.630. The van der Waals surface area contributed by atoms with Crippen LogP contribution in [0.3, 0.4) is 0 Å². The van der Waals surface area contributed by atoms with Crippen molar-refractivity contribution < 1.29 is 19.4 Å². The number of hydrogen-bond acceptors (Lipinski definition) is 4. The lowest BCUT2D eigenvalue weighted by Gasteiger charge is -2.11. The first kappa shape index (κ1) is 11.5. The molecule has 0 saturated carbocycles. The summed E-state index contributed by atoms with van der Waals surface area (Å²) in [6.45, 7) is 3.84. The maximum atomic E-state index is 11.4. The van der Waals surface area contributed by atoms with Gasteiger partial charge in [-0.3, -0.25) is 0 Å². The molecule has 0 saturated heterocycles. The second kappa shape index (κ2) is 5.36. The number of ether oxygens (including phenoxy) is 2. The molecule has 0 radical (unpaired) electrons. The summed E-state index contributed by atoms with van der Waals surface area (Å²) < 4.78 is 10.0. The van der Waals surface area contributed by atoms with Gasteiger partial charge in [-0.1, -0.05) is 12.1 Å². The summed E-state index contributed by atoms with van der Waals surface area (Å²) in [6, 6.07) is 6.30. The Bertz CT molecular complexity index is 335. The average molecular weight is 210 g/mol. The van der Waals surface area contributed by atoms with Crippen molar-refractivity contribution in [1.29, 1.82) is 0 Å². The Morgan fingerprint density at radius 3 is 2.73 bits per heavy atom. The maximum absolute atomic E-state index is 11.4. The van der Waals surface area contributed by atoms with Gasteiger partial charge >= 0.3 is 5.97 Å². The fourth-order valence-corrected chi connectivity index (χ4v) is 1.05. The van der Waals surface area contributed by atoms with Crippen LogP contribution in [0, 0.1) is 0 Å². The minimum Gasteiger partial charge on any atom is -0.504 e. The van der Waals surface area contributed by atoms with Crippen LogP contribution < -0.4 is 4.74 Å². The Kier molecular flexibility index (Phi) is 4.12. The highest BCUT2D eigenvalue weighted by Gasteiger charge is 2.16. The number of carbonyl (C=O) groups excluding carboxylic acids is 1. The molecule has 0 bridgehead atoms. The Balaban J connectivity index is 2.62. The Morgan fingerprint density at radius 2 is 2.13 bits per heavy atom. The molecule has 0 aliphatic rings. The van der Waals surface area contributed by atoms with Crippen molar-refractivity contribution in [3.8, 4) is 11.5 Å². The fraction of sp³-hybridized carbons (Fsp3) is 0.364. The van der Waals surface area contributed by atoms with Gasteiger partial charge in [0, 0.05) is 6.61 Å². The molecule has 0 amide bonds. The number of aromatic hydroxyl groups is 1. The van der Waals surface area contributed by atoms with Crippen LogP contribution in [0.15, 0.2) is 24.3 Å². The van der Waals surface area contributed by atoms with E-state index in [1.54, 1.807) is 26.0 Å². The van der Waals surface area contributed by atoms with Crippen molar-refractivity contribution >= 4 is 5.97 Å². The van der Waals surface area contributed by atoms with Gasteiger partial charge in [-0.2, -0.15) is 0 Å². The van der Waals surface area contributed by atoms with Gasteiger partial charge in [0.15, 0.2) is 17.6 Å². The van der Waals surface area contributed by atoms with Crippen LogP contribution in [0.1, 0.15) is 13.8 Å². The van der Waals surface area contributed by atoms with Crippen LogP contribution in [0.25, 0.3) is 0 Å². The fourth-order valence-electron chi connectivity index (χ4n) is 1.05. The molecule has 0 fully saturated rings. The van der Waals surface area contributed by atoms with Crippen molar-refractivity contribution in [2.24, 2.45) is 0 Å². The molecular formula is C11H14O4. The van der Waals surface area contributed by atoms with E-state index in [-0.39, 0.29) is 11.5 Å². The third kappa shape index (κ3) is 3.25. The number of esters is 1. The molecule has 1 aromatic rings. The van der Waals surface area contributed by atoms with Gasteiger partial charge in [0.05, 0.1) is 0 Å². The van der Waals surface area contributed by atoms with Crippen LogP contribution >= 0.6 is 0 Å². The van der Waals surface area contributed by atoms with E-state index in [9.17, 15) is 9.90 Å². The summed E-state index contributed by atoms with van der Waals surface area (Å²) in [6.07, 6.45) is -0.630. The third-order valence-electron chi connectivity index (χ3n) is 1.82. The summed E-state index contributed by atoms with van der Waals surface area (Å²) >= 11 is 0. The molecule has 0 aromatic heterocycles. The number of phenolic OH excluding ortho intramolecular Hbond substituents is 1. The first-order valence-corrected chi connectivity index (χ1v) is 4.76. The monoisotopic (exact) mass is 210 g/mol. The Labute approximate surface area is 88.4 Å². The van der Waals surface area contributed by atoms with E-state index in [1.807, 2.05) is 0 Å². The van der Waals surface area contributed by atoms with Crippen molar-refractivity contribution in [2.75, 3.05) is 6.61 Å². The number of para-hydroxylation sites is 2. The first-order valence-electron chi connectivity index (χ1n) is 4.76. The molecule has 4 heteroatoms. The van der Waals surface area contributed by atoms with Gasteiger partial charge in [0.1, 0.15) is 0 Å². The van der Waals surface area contributed by atoms with E-state index in [0.29, 0.717) is 6.61 Å². The largest absolute Gasteiger partial charge is 0.504 e. The molecule has 1 aromatic carbocycles. The van der Waals surface area contributed by atoms with Gasteiger partial charge < -0.3 is 14.6 Å². The lowest BCUT2D eigenvalue weighted by atomic mass is 10.3. The van der Waals surface area contributed by atoms with Gasteiger partial charge in [-0.05, 0) is 26.0 Å². The standard InChI is InChI=1S/C11H14O4/c1-3-14-8(2)11(13)15-10-7-5-4-6-9(10)12/h4-8,12H,3H2,1-2H3. The SMILES string of the molecule is CCOC(C)C(=O)Oc1ccccc1O. The van der Waals surface area contributed by atoms with E-state index in [4.69, 9.17) is 9.47 Å². The van der Waals surface area contributed by atoms with Gasteiger partial charge in [-0.15, -0.1) is 0 Å². The van der Waals surface area contributed by atoms with Crippen LogP contribution in [-0.2, 0) is 9.53 Å². The maximum Gasteiger partial charge on any atom is 0.340 e. The quantitative estimate of drug-likeness (QED) is 0.607. The van der Waals surface area contributed by atoms with E-state index in [1.165, 1.54) is 12.1 Å². The Hall–Kier alpha value is -1.55. The highest BCUT2D eigenvalue weighted by Crippen LogP contribution is 2.24. The van der Waals surface area contributed by atoms with Gasteiger partial charge in [0.25, 0.3) is 0 Å². The summed E-state index contributed by atoms with van der Waals surface area (Å²) in [5.41, 5.74) is 0. The lowest BCUT2D eigenvalue weighted by molar-refractivity contribution is -0.146. The van der Waals surface area contributed by atoms with E-state index in [2.05, 4.69) is 0 Å². The van der Waals surface area contributed by atoms with Crippen molar-refractivity contribution in [1.82, 2.24) is 0 Å². The summed E-state index contributed by atoms with van der Waals surface area (Å²) in [4.78, 5) is 11.4. The number of carbonyl (C=O) groups is 1. The van der Waals surface area contributed by atoms with Crippen molar-refractivity contribution in [3.05, 3.63) is 24.3 Å². The molecule has 1 rings (SSSR count). The zero-order valence-electron chi connectivity index (χ0n) is 8.77. The van der Waals surface area contributed by atoms with E-state index < -0.39 is 12.1 Å². The third-order valence-corrected chi connectivity index (χ3v) is 1.82. The molecule has 4 nitrogen and oxygen atoms in total. The summed E-state index contributed by atoms with van der Waals surface area (Å²) in [5.74, 6) is -0.429. The first-order chi connectivity index (χ1) is 7.15. The number of hydrogen-bond donors (Lipinski definition) is 1. The molecule has 0 heterocycles. The normalized spacial score (nSPS) is 12.1. The molecule has 1 N–H and O–H groups in total. The van der Waals surface area contributed by atoms with Crippen LogP contribution in [0.5, 0.6) is 11.5 Å². The Morgan fingerprint density at radius 1 is 1.47 bits per heavy atom. The van der Waals surface area contributed by atoms with E-state index >= 15 is 0 Å². The second-order valence-corrected chi connectivity index (χ2v) is 2.99. The topological polar surface area (TPSA) is 55.8 Å². The minimum absolute atomic E-state index is 0.0606. The van der Waals surface area contributed by atoms with Crippen molar-refractivity contribution in [3.63, 3.8) is 0 Å². The number of phenols is 1. The number of benzene rings is 1. The smallest absolute Gasteiger partial charge is 0.340 e. The zero-order valence-corrected chi connectivity index (χ0v) is 8.77. The van der Waals surface area contributed by atoms with Crippen molar-refractivity contribution in [2.45, 2.75) is 20.0 Å². The van der Waals surface area contributed by atoms with Crippen LogP contribution in [0.4, 0.5) is 0 Å². The van der Waals surface area contributed by atoms with E-state index in [0.717, 1.165) is 0 Å². The highest BCUT2D eigenvalue weighted by molar-refractivity contribution is 5.77. The molecule has 0 aliphatic heterocycles. The summed E-state index contributed by atoms with van der Waals surface area (Å²) in [7, 11) is 0. The predicted molar refractivity (Wildman–Crippen MR) is 54.8 cm³/mol. The molecule has 1 atom stereocenters. The molecule has 15 heavy (non-hydrogen) atoms. The molecule has 0 spiro atoms.